The molecule has 6 heteroatoms. The van der Waals surface area contributed by atoms with Crippen molar-refractivity contribution in [2.75, 3.05) is 19.7 Å². The van der Waals surface area contributed by atoms with E-state index in [1.165, 1.54) is 0 Å². The van der Waals surface area contributed by atoms with Crippen LogP contribution in [0.4, 0.5) is 0 Å². The smallest absolute Gasteiger partial charge is 0.254 e. The molecule has 1 atom stereocenters. The van der Waals surface area contributed by atoms with Gasteiger partial charge >= 0.3 is 0 Å². The van der Waals surface area contributed by atoms with Gasteiger partial charge in [-0.3, -0.25) is 9.59 Å². The average molecular weight is 283 g/mol. The largest absolute Gasteiger partial charge is 0.367 e. The Labute approximate surface area is 116 Å². The lowest BCUT2D eigenvalue weighted by Crippen LogP contribution is -2.58. The molecule has 2 rings (SSSR count). The molecule has 102 valence electrons. The van der Waals surface area contributed by atoms with Crippen LogP contribution in [0.2, 0.25) is 5.02 Å². The fraction of sp³-hybridized carbons (Fsp3) is 0.385. The molecule has 0 saturated carbocycles. The number of rotatable bonds is 2. The van der Waals surface area contributed by atoms with Crippen LogP contribution >= 0.6 is 11.6 Å². The summed E-state index contributed by atoms with van der Waals surface area (Å²) in [6, 6.07) is 6.62. The van der Waals surface area contributed by atoms with E-state index in [4.69, 9.17) is 22.1 Å². The molecule has 0 aliphatic carbocycles. The molecule has 0 bridgehead atoms. The fourth-order valence-corrected chi connectivity index (χ4v) is 2.09. The van der Waals surface area contributed by atoms with Crippen molar-refractivity contribution in [3.8, 4) is 0 Å². The van der Waals surface area contributed by atoms with E-state index in [0.717, 1.165) is 0 Å². The number of hydrogen-bond donors (Lipinski definition) is 1. The second-order valence-electron chi connectivity index (χ2n) is 4.68. The van der Waals surface area contributed by atoms with Crippen LogP contribution in [0.3, 0.4) is 0 Å². The van der Waals surface area contributed by atoms with E-state index in [-0.39, 0.29) is 12.5 Å². The number of halogens is 1. The third-order valence-corrected chi connectivity index (χ3v) is 3.43. The van der Waals surface area contributed by atoms with Gasteiger partial charge in [0.1, 0.15) is 0 Å². The van der Waals surface area contributed by atoms with Crippen LogP contribution in [-0.4, -0.2) is 42.0 Å². The predicted molar refractivity (Wildman–Crippen MR) is 70.9 cm³/mol. The molecule has 1 aromatic rings. The lowest BCUT2D eigenvalue weighted by atomic mass is 10.0. The summed E-state index contributed by atoms with van der Waals surface area (Å²) >= 11 is 5.78. The molecule has 5 nitrogen and oxygen atoms in total. The van der Waals surface area contributed by atoms with Gasteiger partial charge in [0.25, 0.3) is 11.8 Å². The summed E-state index contributed by atoms with van der Waals surface area (Å²) < 4.78 is 5.37. The van der Waals surface area contributed by atoms with Crippen molar-refractivity contribution in [1.29, 1.82) is 0 Å². The van der Waals surface area contributed by atoms with Crippen LogP contribution in [0, 0.1) is 0 Å². The molecule has 0 unspecified atom stereocenters. The summed E-state index contributed by atoms with van der Waals surface area (Å²) in [6.45, 7) is 2.48. The van der Waals surface area contributed by atoms with Crippen LogP contribution in [-0.2, 0) is 9.53 Å². The number of amides is 2. The van der Waals surface area contributed by atoms with Crippen LogP contribution < -0.4 is 5.73 Å². The Balaban J connectivity index is 2.15. The predicted octanol–water partition coefficient (Wildman–Crippen LogP) is 1.06. The number of benzene rings is 1. The molecule has 0 radical (unpaired) electrons. The molecule has 1 aliphatic rings. The SMILES string of the molecule is C[C@@]1(C(N)=O)CN(C(=O)c2ccc(Cl)cc2)CCO1. The highest BCUT2D eigenvalue weighted by Gasteiger charge is 2.39. The molecular formula is C13H15ClN2O3. The number of nitrogens with two attached hydrogens (primary N) is 1. The minimum absolute atomic E-state index is 0.157. The van der Waals surface area contributed by atoms with Gasteiger partial charge in [-0.2, -0.15) is 0 Å². The van der Waals surface area contributed by atoms with Crippen molar-refractivity contribution in [3.05, 3.63) is 34.9 Å². The van der Waals surface area contributed by atoms with Gasteiger partial charge in [-0.15, -0.1) is 0 Å². The second-order valence-corrected chi connectivity index (χ2v) is 5.11. The Bertz CT molecular complexity index is 503. The number of carbonyl (C=O) groups excluding carboxylic acids is 2. The fourth-order valence-electron chi connectivity index (χ4n) is 1.97. The van der Waals surface area contributed by atoms with Crippen molar-refractivity contribution >= 4 is 23.4 Å². The first-order valence-electron chi connectivity index (χ1n) is 5.91. The number of carbonyl (C=O) groups is 2. The maximum Gasteiger partial charge on any atom is 0.254 e. The quantitative estimate of drug-likeness (QED) is 0.881. The van der Waals surface area contributed by atoms with E-state index in [9.17, 15) is 9.59 Å². The lowest BCUT2D eigenvalue weighted by Gasteiger charge is -2.38. The number of nitrogens with zero attached hydrogens (tertiary/aromatic N) is 1. The zero-order valence-corrected chi connectivity index (χ0v) is 11.3. The van der Waals surface area contributed by atoms with Crippen molar-refractivity contribution < 1.29 is 14.3 Å². The van der Waals surface area contributed by atoms with Crippen molar-refractivity contribution in [2.24, 2.45) is 5.73 Å². The molecule has 2 N–H and O–H groups in total. The maximum atomic E-state index is 12.3. The highest BCUT2D eigenvalue weighted by molar-refractivity contribution is 6.30. The molecule has 1 aliphatic heterocycles. The monoisotopic (exact) mass is 282 g/mol. The van der Waals surface area contributed by atoms with Gasteiger partial charge in [0.2, 0.25) is 0 Å². The van der Waals surface area contributed by atoms with Crippen LogP contribution in [0.5, 0.6) is 0 Å². The number of hydrogen-bond acceptors (Lipinski definition) is 3. The van der Waals surface area contributed by atoms with Gasteiger partial charge in [-0.05, 0) is 31.2 Å². The molecule has 0 aromatic heterocycles. The lowest BCUT2D eigenvalue weighted by molar-refractivity contribution is -0.150. The first kappa shape index (κ1) is 13.8. The Morgan fingerprint density at radius 1 is 1.37 bits per heavy atom. The summed E-state index contributed by atoms with van der Waals surface area (Å²) in [4.78, 5) is 25.2. The van der Waals surface area contributed by atoms with Gasteiger partial charge in [0, 0.05) is 17.1 Å². The van der Waals surface area contributed by atoms with E-state index in [1.807, 2.05) is 0 Å². The van der Waals surface area contributed by atoms with E-state index < -0.39 is 11.5 Å². The van der Waals surface area contributed by atoms with Crippen LogP contribution in [0.15, 0.2) is 24.3 Å². The summed E-state index contributed by atoms with van der Waals surface area (Å²) in [7, 11) is 0. The van der Waals surface area contributed by atoms with Gasteiger partial charge in [-0.25, -0.2) is 0 Å². The molecule has 0 spiro atoms. The van der Waals surface area contributed by atoms with Gasteiger partial charge < -0.3 is 15.4 Å². The second kappa shape index (κ2) is 5.19. The Morgan fingerprint density at radius 3 is 2.58 bits per heavy atom. The zero-order valence-electron chi connectivity index (χ0n) is 10.6. The van der Waals surface area contributed by atoms with Gasteiger partial charge in [0.15, 0.2) is 5.60 Å². The average Bonchev–Trinajstić information content (AvgIpc) is 2.39. The summed E-state index contributed by atoms with van der Waals surface area (Å²) in [5.41, 5.74) is 4.70. The highest BCUT2D eigenvalue weighted by Crippen LogP contribution is 2.19. The van der Waals surface area contributed by atoms with Crippen molar-refractivity contribution in [3.63, 3.8) is 0 Å². The summed E-state index contributed by atoms with van der Waals surface area (Å²) in [5.74, 6) is -0.728. The minimum Gasteiger partial charge on any atom is -0.367 e. The Hall–Kier alpha value is -1.59. The maximum absolute atomic E-state index is 12.3. The molecule has 1 fully saturated rings. The molecule has 1 heterocycles. The van der Waals surface area contributed by atoms with E-state index in [1.54, 1.807) is 36.1 Å². The van der Waals surface area contributed by atoms with Gasteiger partial charge in [0.05, 0.1) is 13.2 Å². The first-order chi connectivity index (χ1) is 8.92. The number of ether oxygens (including phenoxy) is 1. The van der Waals surface area contributed by atoms with Crippen LogP contribution in [0.1, 0.15) is 17.3 Å². The van der Waals surface area contributed by atoms with E-state index in [0.29, 0.717) is 23.7 Å². The minimum atomic E-state index is -1.12. The zero-order chi connectivity index (χ0) is 14.0. The number of primary amides is 1. The first-order valence-corrected chi connectivity index (χ1v) is 6.29. The Kier molecular flexibility index (Phi) is 3.78. The summed E-state index contributed by atoms with van der Waals surface area (Å²) in [5, 5.41) is 0.570. The topological polar surface area (TPSA) is 72.6 Å². The molecule has 19 heavy (non-hydrogen) atoms. The van der Waals surface area contributed by atoms with E-state index >= 15 is 0 Å². The third-order valence-electron chi connectivity index (χ3n) is 3.17. The standard InChI is InChI=1S/C13H15ClN2O3/c1-13(12(15)18)8-16(6-7-19-13)11(17)9-2-4-10(14)5-3-9/h2-5H,6-8H2,1H3,(H2,15,18)/t13-/m0/s1. The third kappa shape index (κ3) is 2.88. The van der Waals surface area contributed by atoms with Gasteiger partial charge in [-0.1, -0.05) is 11.6 Å². The highest BCUT2D eigenvalue weighted by atomic mass is 35.5. The van der Waals surface area contributed by atoms with E-state index in [2.05, 4.69) is 0 Å². The molecule has 1 saturated heterocycles. The van der Waals surface area contributed by atoms with Crippen molar-refractivity contribution in [2.45, 2.75) is 12.5 Å². The molecular weight excluding hydrogens is 268 g/mol. The Morgan fingerprint density at radius 2 is 2.00 bits per heavy atom. The summed E-state index contributed by atoms with van der Waals surface area (Å²) in [6.07, 6.45) is 0. The normalized spacial score (nSPS) is 23.2. The van der Waals surface area contributed by atoms with Crippen LogP contribution in [0.25, 0.3) is 0 Å². The number of morpholine rings is 1. The van der Waals surface area contributed by atoms with Crippen molar-refractivity contribution in [1.82, 2.24) is 4.90 Å². The molecule has 1 aromatic carbocycles. The molecule has 2 amide bonds.